The third kappa shape index (κ3) is 5.37. The lowest BCUT2D eigenvalue weighted by Crippen LogP contribution is -2.44. The molecule has 0 radical (unpaired) electrons. The Balaban J connectivity index is 1.31. The zero-order valence-electron chi connectivity index (χ0n) is 18.3. The van der Waals surface area contributed by atoms with Crippen LogP contribution in [-0.2, 0) is 29.1 Å². The van der Waals surface area contributed by atoms with Crippen LogP contribution in [0.25, 0.3) is 0 Å². The molecule has 0 saturated heterocycles. The number of rotatable bonds is 9. The summed E-state index contributed by atoms with van der Waals surface area (Å²) in [6.07, 6.45) is 2.24. The van der Waals surface area contributed by atoms with Crippen LogP contribution in [0.3, 0.4) is 0 Å². The van der Waals surface area contributed by atoms with E-state index in [-0.39, 0.29) is 31.2 Å². The quantitative estimate of drug-likeness (QED) is 0.477. The Bertz CT molecular complexity index is 1110. The summed E-state index contributed by atoms with van der Waals surface area (Å²) in [7, 11) is 0. The van der Waals surface area contributed by atoms with Crippen LogP contribution in [0.5, 0.6) is 11.5 Å². The lowest BCUT2D eigenvalue weighted by Gasteiger charge is -2.28. The summed E-state index contributed by atoms with van der Waals surface area (Å²) < 4.78 is 10.9. The highest BCUT2D eigenvalue weighted by molar-refractivity contribution is 7.09. The molecular weight excluding hydrogens is 436 g/mol. The van der Waals surface area contributed by atoms with Gasteiger partial charge in [-0.25, -0.2) is 0 Å². The van der Waals surface area contributed by atoms with Crippen LogP contribution in [0.15, 0.2) is 66.0 Å². The van der Waals surface area contributed by atoms with E-state index in [1.165, 1.54) is 0 Å². The van der Waals surface area contributed by atoms with Crippen molar-refractivity contribution in [1.29, 1.82) is 0 Å². The average molecular weight is 463 g/mol. The maximum Gasteiger partial charge on any atom is 0.242 e. The number of ether oxygens (including phenoxy) is 2. The molecule has 0 spiro atoms. The Hall–Kier alpha value is -3.32. The van der Waals surface area contributed by atoms with E-state index in [0.717, 1.165) is 34.6 Å². The van der Waals surface area contributed by atoms with Gasteiger partial charge in [0.05, 0.1) is 13.0 Å². The molecule has 1 saturated carbocycles. The summed E-state index contributed by atoms with van der Waals surface area (Å²) in [4.78, 5) is 31.3. The zero-order chi connectivity index (χ0) is 22.6. The summed E-state index contributed by atoms with van der Waals surface area (Å²) in [6, 6.07) is 19.7. The van der Waals surface area contributed by atoms with E-state index in [2.05, 4.69) is 0 Å². The van der Waals surface area contributed by atoms with Crippen LogP contribution in [0.2, 0.25) is 0 Å². The van der Waals surface area contributed by atoms with Gasteiger partial charge in [-0.15, -0.1) is 11.3 Å². The molecule has 1 fully saturated rings. The number of carbonyl (C=O) groups is 2. The third-order valence-electron chi connectivity index (χ3n) is 5.90. The largest absolute Gasteiger partial charge is 0.454 e. The van der Waals surface area contributed by atoms with Crippen molar-refractivity contribution in [1.82, 2.24) is 9.80 Å². The number of fused-ring (bicyclic) bond motifs is 1. The molecule has 2 amide bonds. The van der Waals surface area contributed by atoms with Gasteiger partial charge in [0.1, 0.15) is 6.54 Å². The van der Waals surface area contributed by atoms with Crippen LogP contribution in [0.1, 0.15) is 28.8 Å². The third-order valence-corrected chi connectivity index (χ3v) is 6.76. The predicted octanol–water partition coefficient (Wildman–Crippen LogP) is 4.24. The Kier molecular flexibility index (Phi) is 6.30. The molecule has 170 valence electrons. The lowest BCUT2D eigenvalue weighted by molar-refractivity contribution is -0.141. The van der Waals surface area contributed by atoms with Gasteiger partial charge in [0.25, 0.3) is 0 Å². The number of thiophene rings is 1. The number of benzene rings is 2. The number of hydrogen-bond donors (Lipinski definition) is 0. The fourth-order valence-electron chi connectivity index (χ4n) is 4.01. The minimum absolute atomic E-state index is 0.0104. The average Bonchev–Trinajstić information content (AvgIpc) is 3.32. The van der Waals surface area contributed by atoms with Crippen molar-refractivity contribution in [3.8, 4) is 11.5 Å². The second-order valence-corrected chi connectivity index (χ2v) is 9.46. The van der Waals surface area contributed by atoms with Gasteiger partial charge >= 0.3 is 0 Å². The summed E-state index contributed by atoms with van der Waals surface area (Å²) in [5.74, 6) is 1.39. The highest BCUT2D eigenvalue weighted by Gasteiger charge is 2.34. The molecule has 2 aromatic carbocycles. The molecule has 5 rings (SSSR count). The van der Waals surface area contributed by atoms with E-state index < -0.39 is 0 Å². The predicted molar refractivity (Wildman–Crippen MR) is 126 cm³/mol. The molecule has 0 unspecified atom stereocenters. The van der Waals surface area contributed by atoms with Crippen molar-refractivity contribution in [2.24, 2.45) is 0 Å². The Morgan fingerprint density at radius 3 is 2.45 bits per heavy atom. The van der Waals surface area contributed by atoms with E-state index in [1.54, 1.807) is 16.2 Å². The standard InChI is InChI=1S/C26H26N2O4S/c29-25(14-19-5-2-1-3-6-19)28(21-9-10-21)17-26(30)27(16-22-7-4-12-33-22)15-20-8-11-23-24(13-20)32-18-31-23/h1-8,11-13,21H,9-10,14-18H2. The first kappa shape index (κ1) is 21.5. The zero-order valence-corrected chi connectivity index (χ0v) is 19.1. The maximum absolute atomic E-state index is 13.5. The molecule has 7 heteroatoms. The van der Waals surface area contributed by atoms with E-state index in [0.29, 0.717) is 25.3 Å². The first-order valence-electron chi connectivity index (χ1n) is 11.2. The highest BCUT2D eigenvalue weighted by Crippen LogP contribution is 2.33. The van der Waals surface area contributed by atoms with Crippen LogP contribution >= 0.6 is 11.3 Å². The second kappa shape index (κ2) is 9.67. The maximum atomic E-state index is 13.5. The first-order chi connectivity index (χ1) is 16.2. The van der Waals surface area contributed by atoms with Gasteiger partial charge in [-0.05, 0) is 47.5 Å². The van der Waals surface area contributed by atoms with Crippen LogP contribution in [0.4, 0.5) is 0 Å². The van der Waals surface area contributed by atoms with Gasteiger partial charge in [0.2, 0.25) is 18.6 Å². The van der Waals surface area contributed by atoms with Gasteiger partial charge in [-0.2, -0.15) is 0 Å². The molecule has 6 nitrogen and oxygen atoms in total. The summed E-state index contributed by atoms with van der Waals surface area (Å²) in [5, 5.41) is 2.01. The van der Waals surface area contributed by atoms with Crippen molar-refractivity contribution in [2.75, 3.05) is 13.3 Å². The Morgan fingerprint density at radius 1 is 0.879 bits per heavy atom. The molecule has 0 N–H and O–H groups in total. The van der Waals surface area contributed by atoms with Crippen LogP contribution < -0.4 is 9.47 Å². The summed E-state index contributed by atoms with van der Waals surface area (Å²) in [5.41, 5.74) is 1.94. The smallest absolute Gasteiger partial charge is 0.242 e. The Labute approximate surface area is 197 Å². The van der Waals surface area contributed by atoms with Crippen molar-refractivity contribution < 1.29 is 19.1 Å². The molecule has 1 aliphatic heterocycles. The summed E-state index contributed by atoms with van der Waals surface area (Å²) >= 11 is 1.63. The topological polar surface area (TPSA) is 59.1 Å². The van der Waals surface area contributed by atoms with Crippen molar-refractivity contribution in [3.05, 3.63) is 82.0 Å². The molecule has 2 aliphatic rings. The van der Waals surface area contributed by atoms with E-state index >= 15 is 0 Å². The minimum atomic E-state index is -0.0469. The summed E-state index contributed by atoms with van der Waals surface area (Å²) in [6.45, 7) is 1.28. The van der Waals surface area contributed by atoms with Gasteiger partial charge in [-0.1, -0.05) is 42.5 Å². The van der Waals surface area contributed by atoms with Crippen LogP contribution in [-0.4, -0.2) is 41.0 Å². The number of carbonyl (C=O) groups excluding carboxylic acids is 2. The molecular formula is C26H26N2O4S. The van der Waals surface area contributed by atoms with Gasteiger partial charge in [0.15, 0.2) is 11.5 Å². The van der Waals surface area contributed by atoms with E-state index in [1.807, 2.05) is 70.9 Å². The molecule has 0 atom stereocenters. The molecule has 1 aromatic heterocycles. The monoisotopic (exact) mass is 462 g/mol. The molecule has 0 bridgehead atoms. The fourth-order valence-corrected chi connectivity index (χ4v) is 4.73. The van der Waals surface area contributed by atoms with Gasteiger partial charge in [0, 0.05) is 17.5 Å². The second-order valence-electron chi connectivity index (χ2n) is 8.43. The molecule has 1 aliphatic carbocycles. The molecule has 33 heavy (non-hydrogen) atoms. The highest BCUT2D eigenvalue weighted by atomic mass is 32.1. The van der Waals surface area contributed by atoms with E-state index in [4.69, 9.17) is 9.47 Å². The van der Waals surface area contributed by atoms with Crippen LogP contribution in [0, 0.1) is 0 Å². The lowest BCUT2D eigenvalue weighted by atomic mass is 10.1. The Morgan fingerprint density at radius 2 is 1.70 bits per heavy atom. The first-order valence-corrected chi connectivity index (χ1v) is 12.1. The number of nitrogens with zero attached hydrogens (tertiary/aromatic N) is 2. The molecule has 3 aromatic rings. The van der Waals surface area contributed by atoms with Gasteiger partial charge in [-0.3, -0.25) is 9.59 Å². The number of amides is 2. The van der Waals surface area contributed by atoms with Crippen molar-refractivity contribution in [2.45, 2.75) is 38.4 Å². The fraction of sp³-hybridized carbons (Fsp3) is 0.308. The van der Waals surface area contributed by atoms with E-state index in [9.17, 15) is 9.59 Å². The normalized spacial score (nSPS) is 14.2. The number of hydrogen-bond acceptors (Lipinski definition) is 5. The molecule has 2 heterocycles. The van der Waals surface area contributed by atoms with Gasteiger partial charge < -0.3 is 19.3 Å². The van der Waals surface area contributed by atoms with Crippen molar-refractivity contribution >= 4 is 23.2 Å². The SMILES string of the molecule is O=C(CN(C(=O)Cc1ccccc1)C1CC1)N(Cc1ccc2c(c1)OCO2)Cc1cccs1. The van der Waals surface area contributed by atoms with Crippen molar-refractivity contribution in [3.63, 3.8) is 0 Å². The minimum Gasteiger partial charge on any atom is -0.454 e.